The molecule has 0 aliphatic carbocycles. The molecular weight excluding hydrogens is 168 g/mol. The number of nitrogens with one attached hydrogen (secondary N) is 1. The highest BCUT2D eigenvalue weighted by Crippen LogP contribution is 2.26. The van der Waals surface area contributed by atoms with E-state index in [2.05, 4.69) is 15.4 Å². The smallest absolute Gasteiger partial charge is 0.225 e. The van der Waals surface area contributed by atoms with E-state index in [1.54, 1.807) is 6.20 Å². The molecule has 0 amide bonds. The van der Waals surface area contributed by atoms with Gasteiger partial charge in [-0.2, -0.15) is 5.10 Å². The van der Waals surface area contributed by atoms with Crippen LogP contribution in [0, 0.1) is 13.8 Å². The molecular formula is C8H10N4O. The summed E-state index contributed by atoms with van der Waals surface area (Å²) < 4.78 is 4.86. The average molecular weight is 178 g/mol. The van der Waals surface area contributed by atoms with Crippen molar-refractivity contribution in [1.29, 1.82) is 0 Å². The molecule has 2 aromatic rings. The predicted molar refractivity (Wildman–Crippen MR) is 48.0 cm³/mol. The minimum Gasteiger partial charge on any atom is -0.367 e. The lowest BCUT2D eigenvalue weighted by atomic mass is 10.1. The number of hydrogen-bond donors (Lipinski definition) is 2. The third kappa shape index (κ3) is 1.09. The maximum absolute atomic E-state index is 5.54. The summed E-state index contributed by atoms with van der Waals surface area (Å²) in [4.78, 5) is 0. The molecule has 0 aliphatic rings. The number of aryl methyl sites for hydroxylation is 1. The second kappa shape index (κ2) is 2.62. The molecule has 2 rings (SSSR count). The van der Waals surface area contributed by atoms with Crippen molar-refractivity contribution in [3.05, 3.63) is 17.5 Å². The molecule has 0 aromatic carbocycles. The molecule has 3 N–H and O–H groups in total. The normalized spacial score (nSPS) is 10.6. The SMILES string of the molecule is Cc1[nH]ncc1-c1noc(N)c1C. The van der Waals surface area contributed by atoms with Gasteiger partial charge in [0.2, 0.25) is 5.88 Å². The number of nitrogens with zero attached hydrogens (tertiary/aromatic N) is 2. The summed E-state index contributed by atoms with van der Waals surface area (Å²) >= 11 is 0. The molecule has 0 saturated heterocycles. The summed E-state index contributed by atoms with van der Waals surface area (Å²) in [6.45, 7) is 3.79. The van der Waals surface area contributed by atoms with Crippen molar-refractivity contribution in [2.45, 2.75) is 13.8 Å². The Hall–Kier alpha value is -1.78. The van der Waals surface area contributed by atoms with Crippen LogP contribution in [0.5, 0.6) is 0 Å². The third-order valence-electron chi connectivity index (χ3n) is 2.05. The van der Waals surface area contributed by atoms with Gasteiger partial charge in [0.1, 0.15) is 5.69 Å². The summed E-state index contributed by atoms with van der Waals surface area (Å²) in [6.07, 6.45) is 1.71. The van der Waals surface area contributed by atoms with Crippen molar-refractivity contribution >= 4 is 5.88 Å². The quantitative estimate of drug-likeness (QED) is 0.688. The average Bonchev–Trinajstić information content (AvgIpc) is 2.62. The van der Waals surface area contributed by atoms with Gasteiger partial charge in [0, 0.05) is 16.8 Å². The number of aromatic amines is 1. The number of hydrogen-bond acceptors (Lipinski definition) is 4. The minimum absolute atomic E-state index is 0.357. The Balaban J connectivity index is 2.59. The van der Waals surface area contributed by atoms with Gasteiger partial charge in [0.25, 0.3) is 0 Å². The van der Waals surface area contributed by atoms with Crippen molar-refractivity contribution in [3.8, 4) is 11.3 Å². The van der Waals surface area contributed by atoms with Crippen molar-refractivity contribution in [1.82, 2.24) is 15.4 Å². The van der Waals surface area contributed by atoms with Gasteiger partial charge in [-0.05, 0) is 13.8 Å². The van der Waals surface area contributed by atoms with E-state index in [0.717, 1.165) is 22.5 Å². The summed E-state index contributed by atoms with van der Waals surface area (Å²) in [5, 5.41) is 10.6. The van der Waals surface area contributed by atoms with Crippen LogP contribution >= 0.6 is 0 Å². The lowest BCUT2D eigenvalue weighted by Gasteiger charge is -1.92. The topological polar surface area (TPSA) is 80.7 Å². The van der Waals surface area contributed by atoms with Crippen LogP contribution in [0.3, 0.4) is 0 Å². The van der Waals surface area contributed by atoms with Crippen LogP contribution in [0.15, 0.2) is 10.7 Å². The molecule has 0 fully saturated rings. The fourth-order valence-corrected chi connectivity index (χ4v) is 1.19. The van der Waals surface area contributed by atoms with Gasteiger partial charge in [0.15, 0.2) is 0 Å². The molecule has 13 heavy (non-hydrogen) atoms. The Labute approximate surface area is 74.9 Å². The second-order valence-electron chi connectivity index (χ2n) is 2.93. The zero-order valence-electron chi connectivity index (χ0n) is 7.46. The molecule has 68 valence electrons. The number of anilines is 1. The van der Waals surface area contributed by atoms with E-state index in [4.69, 9.17) is 10.3 Å². The van der Waals surface area contributed by atoms with Crippen LogP contribution in [-0.4, -0.2) is 15.4 Å². The second-order valence-corrected chi connectivity index (χ2v) is 2.93. The maximum Gasteiger partial charge on any atom is 0.225 e. The van der Waals surface area contributed by atoms with Crippen LogP contribution in [0.25, 0.3) is 11.3 Å². The van der Waals surface area contributed by atoms with Gasteiger partial charge in [-0.1, -0.05) is 5.16 Å². The zero-order chi connectivity index (χ0) is 9.42. The molecule has 0 bridgehead atoms. The summed E-state index contributed by atoms with van der Waals surface area (Å²) in [5.41, 5.74) is 9.03. The van der Waals surface area contributed by atoms with E-state index in [-0.39, 0.29) is 0 Å². The van der Waals surface area contributed by atoms with Crippen LogP contribution < -0.4 is 5.73 Å². The Morgan fingerprint density at radius 2 is 2.23 bits per heavy atom. The molecule has 2 heterocycles. The van der Waals surface area contributed by atoms with Crippen molar-refractivity contribution in [3.63, 3.8) is 0 Å². The maximum atomic E-state index is 5.54. The largest absolute Gasteiger partial charge is 0.367 e. The first-order valence-electron chi connectivity index (χ1n) is 3.92. The van der Waals surface area contributed by atoms with Gasteiger partial charge >= 0.3 is 0 Å². The lowest BCUT2D eigenvalue weighted by Crippen LogP contribution is -1.85. The first kappa shape index (κ1) is 7.85. The highest BCUT2D eigenvalue weighted by molar-refractivity contribution is 5.67. The van der Waals surface area contributed by atoms with E-state index >= 15 is 0 Å². The van der Waals surface area contributed by atoms with Gasteiger partial charge in [-0.3, -0.25) is 5.10 Å². The third-order valence-corrected chi connectivity index (χ3v) is 2.05. The number of H-pyrrole nitrogens is 1. The van der Waals surface area contributed by atoms with Crippen molar-refractivity contribution in [2.24, 2.45) is 0 Å². The summed E-state index contributed by atoms with van der Waals surface area (Å²) in [6, 6.07) is 0. The van der Waals surface area contributed by atoms with E-state index in [0.29, 0.717) is 5.88 Å². The van der Waals surface area contributed by atoms with Gasteiger partial charge in [-0.15, -0.1) is 0 Å². The van der Waals surface area contributed by atoms with Crippen molar-refractivity contribution in [2.75, 3.05) is 5.73 Å². The van der Waals surface area contributed by atoms with Crippen LogP contribution in [0.2, 0.25) is 0 Å². The van der Waals surface area contributed by atoms with Crippen LogP contribution in [0.4, 0.5) is 5.88 Å². The molecule has 0 spiro atoms. The van der Waals surface area contributed by atoms with Crippen LogP contribution in [-0.2, 0) is 0 Å². The Morgan fingerprint density at radius 3 is 2.69 bits per heavy atom. The highest BCUT2D eigenvalue weighted by Gasteiger charge is 2.13. The summed E-state index contributed by atoms with van der Waals surface area (Å²) in [7, 11) is 0. The minimum atomic E-state index is 0.357. The van der Waals surface area contributed by atoms with E-state index in [9.17, 15) is 0 Å². The van der Waals surface area contributed by atoms with Gasteiger partial charge in [0.05, 0.1) is 6.20 Å². The van der Waals surface area contributed by atoms with Gasteiger partial charge in [-0.25, -0.2) is 0 Å². The zero-order valence-corrected chi connectivity index (χ0v) is 7.46. The standard InChI is InChI=1S/C8H10N4O/c1-4-7(12-13-8(4)9)6-3-10-11-5(6)2/h3H,9H2,1-2H3,(H,10,11). The van der Waals surface area contributed by atoms with Crippen LogP contribution in [0.1, 0.15) is 11.3 Å². The summed E-state index contributed by atoms with van der Waals surface area (Å²) in [5.74, 6) is 0.357. The number of rotatable bonds is 1. The van der Waals surface area contributed by atoms with Crippen molar-refractivity contribution < 1.29 is 4.52 Å². The Morgan fingerprint density at radius 1 is 1.46 bits per heavy atom. The fraction of sp³-hybridized carbons (Fsp3) is 0.250. The lowest BCUT2D eigenvalue weighted by molar-refractivity contribution is 0.439. The van der Waals surface area contributed by atoms with E-state index in [1.807, 2.05) is 13.8 Å². The van der Waals surface area contributed by atoms with Gasteiger partial charge < -0.3 is 10.3 Å². The molecule has 5 heteroatoms. The number of aromatic nitrogens is 3. The first-order chi connectivity index (χ1) is 6.20. The first-order valence-corrected chi connectivity index (χ1v) is 3.92. The molecule has 0 aliphatic heterocycles. The number of nitrogen functional groups attached to an aromatic ring is 1. The molecule has 0 unspecified atom stereocenters. The Kier molecular flexibility index (Phi) is 1.58. The number of nitrogens with two attached hydrogens (primary N) is 1. The molecule has 5 nitrogen and oxygen atoms in total. The molecule has 0 atom stereocenters. The van der Waals surface area contributed by atoms with E-state index < -0.39 is 0 Å². The predicted octanol–water partition coefficient (Wildman–Crippen LogP) is 1.26. The highest BCUT2D eigenvalue weighted by atomic mass is 16.5. The van der Waals surface area contributed by atoms with E-state index in [1.165, 1.54) is 0 Å². The monoisotopic (exact) mass is 178 g/mol. The molecule has 0 radical (unpaired) electrons. The molecule has 0 saturated carbocycles. The Bertz CT molecular complexity index is 429. The fourth-order valence-electron chi connectivity index (χ4n) is 1.19. The molecule has 2 aromatic heterocycles.